The molecule has 0 fully saturated rings. The van der Waals surface area contributed by atoms with E-state index in [2.05, 4.69) is 6.58 Å². The summed E-state index contributed by atoms with van der Waals surface area (Å²) in [4.78, 5) is 0. The van der Waals surface area contributed by atoms with Gasteiger partial charge in [0.15, 0.2) is 11.5 Å². The van der Waals surface area contributed by atoms with Crippen molar-refractivity contribution in [2.45, 2.75) is 6.61 Å². The van der Waals surface area contributed by atoms with Crippen LogP contribution in [0.15, 0.2) is 24.8 Å². The van der Waals surface area contributed by atoms with Gasteiger partial charge in [-0.3, -0.25) is 0 Å². The molecular weight excluding hydrogens is 216 g/mol. The Hall–Kier alpha value is -1.19. The average Bonchev–Trinajstić information content (AvgIpc) is 2.26. The third-order valence-corrected chi connectivity index (χ3v) is 2.05. The lowest BCUT2D eigenvalue weighted by atomic mass is 10.2. The topological polar surface area (TPSA) is 38.7 Å². The van der Waals surface area contributed by atoms with Gasteiger partial charge in [-0.2, -0.15) is 0 Å². The van der Waals surface area contributed by atoms with Crippen molar-refractivity contribution in [2.24, 2.45) is 0 Å². The number of ether oxygens (including phenoxy) is 2. The summed E-state index contributed by atoms with van der Waals surface area (Å²) in [6.45, 7) is 3.75. The number of aliphatic hydroxyl groups is 1. The van der Waals surface area contributed by atoms with E-state index in [-0.39, 0.29) is 6.61 Å². The lowest BCUT2D eigenvalue weighted by Crippen LogP contribution is -2.00. The molecule has 0 unspecified atom stereocenters. The van der Waals surface area contributed by atoms with E-state index < -0.39 is 0 Å². The number of aliphatic hydroxyl groups excluding tert-OH is 1. The van der Waals surface area contributed by atoms with Gasteiger partial charge in [-0.1, -0.05) is 24.3 Å². The summed E-state index contributed by atoms with van der Waals surface area (Å²) in [6, 6.07) is 3.28. The van der Waals surface area contributed by atoms with E-state index in [0.29, 0.717) is 28.7 Å². The molecule has 0 aliphatic rings. The molecule has 3 nitrogen and oxygen atoms in total. The molecular formula is C11H13ClO3. The summed E-state index contributed by atoms with van der Waals surface area (Å²) in [5.41, 5.74) is 0.598. The van der Waals surface area contributed by atoms with Crippen molar-refractivity contribution in [1.29, 1.82) is 0 Å². The van der Waals surface area contributed by atoms with Gasteiger partial charge in [-0.25, -0.2) is 0 Å². The van der Waals surface area contributed by atoms with Gasteiger partial charge in [0.25, 0.3) is 0 Å². The fourth-order valence-electron chi connectivity index (χ4n) is 1.20. The lowest BCUT2D eigenvalue weighted by Gasteiger charge is -2.13. The fourth-order valence-corrected chi connectivity index (χ4v) is 1.43. The van der Waals surface area contributed by atoms with Crippen molar-refractivity contribution in [3.63, 3.8) is 0 Å². The van der Waals surface area contributed by atoms with E-state index in [4.69, 9.17) is 26.2 Å². The third kappa shape index (κ3) is 2.88. The Labute approximate surface area is 93.9 Å². The standard InChI is InChI=1S/C11H13ClO3/c1-3-4-15-11-8(7-13)5-9(12)6-10(11)14-2/h3,5-6,13H,1,4,7H2,2H3. The van der Waals surface area contributed by atoms with Crippen LogP contribution in [0, 0.1) is 0 Å². The maximum atomic E-state index is 9.14. The number of rotatable bonds is 5. The first-order chi connectivity index (χ1) is 7.22. The van der Waals surface area contributed by atoms with E-state index >= 15 is 0 Å². The SMILES string of the molecule is C=CCOc1c(CO)cc(Cl)cc1OC. The normalized spacial score (nSPS) is 9.80. The van der Waals surface area contributed by atoms with Crippen molar-refractivity contribution in [2.75, 3.05) is 13.7 Å². The predicted molar refractivity (Wildman–Crippen MR) is 59.6 cm³/mol. The zero-order valence-electron chi connectivity index (χ0n) is 8.50. The lowest BCUT2D eigenvalue weighted by molar-refractivity contribution is 0.264. The molecule has 0 saturated carbocycles. The second-order valence-electron chi connectivity index (χ2n) is 2.85. The molecule has 15 heavy (non-hydrogen) atoms. The Balaban J connectivity index is 3.11. The molecule has 1 N–H and O–H groups in total. The Morgan fingerprint density at radius 2 is 2.27 bits per heavy atom. The molecule has 1 aromatic rings. The number of hydrogen-bond donors (Lipinski definition) is 1. The second kappa shape index (κ2) is 5.63. The quantitative estimate of drug-likeness (QED) is 0.787. The summed E-state index contributed by atoms with van der Waals surface area (Å²) in [7, 11) is 1.52. The summed E-state index contributed by atoms with van der Waals surface area (Å²) >= 11 is 5.85. The molecule has 4 heteroatoms. The van der Waals surface area contributed by atoms with Crippen molar-refractivity contribution in [3.05, 3.63) is 35.4 Å². The summed E-state index contributed by atoms with van der Waals surface area (Å²) in [5.74, 6) is 1.01. The Bertz CT molecular complexity index is 325. The zero-order valence-corrected chi connectivity index (χ0v) is 9.25. The highest BCUT2D eigenvalue weighted by Crippen LogP contribution is 2.34. The minimum Gasteiger partial charge on any atom is -0.493 e. The Morgan fingerprint density at radius 1 is 1.53 bits per heavy atom. The first-order valence-corrected chi connectivity index (χ1v) is 4.81. The van der Waals surface area contributed by atoms with Gasteiger partial charge < -0.3 is 14.6 Å². The van der Waals surface area contributed by atoms with Gasteiger partial charge in [-0.05, 0) is 6.07 Å². The molecule has 0 aromatic heterocycles. The van der Waals surface area contributed by atoms with Gasteiger partial charge in [-0.15, -0.1) is 0 Å². The van der Waals surface area contributed by atoms with Crippen LogP contribution in [0.2, 0.25) is 5.02 Å². The highest BCUT2D eigenvalue weighted by Gasteiger charge is 2.11. The van der Waals surface area contributed by atoms with Crippen LogP contribution >= 0.6 is 11.6 Å². The van der Waals surface area contributed by atoms with Crippen LogP contribution in [0.1, 0.15) is 5.56 Å². The van der Waals surface area contributed by atoms with Gasteiger partial charge in [0, 0.05) is 16.7 Å². The van der Waals surface area contributed by atoms with E-state index in [1.807, 2.05) is 0 Å². The van der Waals surface area contributed by atoms with Crippen molar-refractivity contribution >= 4 is 11.6 Å². The molecule has 0 atom stereocenters. The zero-order chi connectivity index (χ0) is 11.3. The maximum absolute atomic E-state index is 9.14. The van der Waals surface area contributed by atoms with Crippen LogP contribution in [0.3, 0.4) is 0 Å². The summed E-state index contributed by atoms with van der Waals surface area (Å²) in [6.07, 6.45) is 1.62. The van der Waals surface area contributed by atoms with Crippen LogP contribution < -0.4 is 9.47 Å². The first kappa shape index (κ1) is 11.9. The van der Waals surface area contributed by atoms with Crippen LogP contribution in [-0.4, -0.2) is 18.8 Å². The number of halogens is 1. The molecule has 0 heterocycles. The minimum absolute atomic E-state index is 0.149. The van der Waals surface area contributed by atoms with Crippen LogP contribution in [0.25, 0.3) is 0 Å². The average molecular weight is 229 g/mol. The van der Waals surface area contributed by atoms with Crippen molar-refractivity contribution in [3.8, 4) is 11.5 Å². The molecule has 1 rings (SSSR count). The van der Waals surface area contributed by atoms with Gasteiger partial charge in [0.05, 0.1) is 13.7 Å². The maximum Gasteiger partial charge on any atom is 0.167 e. The van der Waals surface area contributed by atoms with E-state index in [1.165, 1.54) is 7.11 Å². The smallest absolute Gasteiger partial charge is 0.167 e. The van der Waals surface area contributed by atoms with Gasteiger partial charge in [0.1, 0.15) is 6.61 Å². The molecule has 0 spiro atoms. The second-order valence-corrected chi connectivity index (χ2v) is 3.29. The molecule has 0 aliphatic heterocycles. The highest BCUT2D eigenvalue weighted by molar-refractivity contribution is 6.30. The molecule has 0 bridgehead atoms. The Kier molecular flexibility index (Phi) is 4.46. The summed E-state index contributed by atoms with van der Waals surface area (Å²) in [5, 5.41) is 9.64. The highest BCUT2D eigenvalue weighted by atomic mass is 35.5. The van der Waals surface area contributed by atoms with E-state index in [9.17, 15) is 0 Å². The molecule has 0 radical (unpaired) electrons. The first-order valence-electron chi connectivity index (χ1n) is 4.44. The monoisotopic (exact) mass is 228 g/mol. The van der Waals surface area contributed by atoms with Crippen molar-refractivity contribution in [1.82, 2.24) is 0 Å². The van der Waals surface area contributed by atoms with E-state index in [0.717, 1.165) is 0 Å². The Morgan fingerprint density at radius 3 is 2.80 bits per heavy atom. The number of methoxy groups -OCH3 is 1. The van der Waals surface area contributed by atoms with Crippen LogP contribution in [0.5, 0.6) is 11.5 Å². The minimum atomic E-state index is -0.149. The molecule has 0 amide bonds. The van der Waals surface area contributed by atoms with Gasteiger partial charge >= 0.3 is 0 Å². The predicted octanol–water partition coefficient (Wildman–Crippen LogP) is 2.41. The molecule has 1 aromatic carbocycles. The molecule has 82 valence electrons. The molecule has 0 aliphatic carbocycles. The van der Waals surface area contributed by atoms with E-state index in [1.54, 1.807) is 18.2 Å². The molecule has 0 saturated heterocycles. The third-order valence-electron chi connectivity index (χ3n) is 1.83. The largest absolute Gasteiger partial charge is 0.493 e. The number of hydrogen-bond acceptors (Lipinski definition) is 3. The van der Waals surface area contributed by atoms with Crippen LogP contribution in [0.4, 0.5) is 0 Å². The van der Waals surface area contributed by atoms with Crippen molar-refractivity contribution < 1.29 is 14.6 Å². The number of benzene rings is 1. The fraction of sp³-hybridized carbons (Fsp3) is 0.273. The van der Waals surface area contributed by atoms with Crippen LogP contribution in [-0.2, 0) is 6.61 Å². The van der Waals surface area contributed by atoms with Gasteiger partial charge in [0.2, 0.25) is 0 Å². The summed E-state index contributed by atoms with van der Waals surface area (Å²) < 4.78 is 10.5.